The highest BCUT2D eigenvalue weighted by atomic mass is 16.5. The zero-order valence-corrected chi connectivity index (χ0v) is 10.6. The second-order valence-electron chi connectivity index (χ2n) is 4.14. The van der Waals surface area contributed by atoms with E-state index in [1.807, 2.05) is 30.3 Å². The van der Waals surface area contributed by atoms with Crippen molar-refractivity contribution in [1.29, 1.82) is 0 Å². The zero-order valence-electron chi connectivity index (χ0n) is 10.6. The van der Waals surface area contributed by atoms with E-state index in [-0.39, 0.29) is 5.97 Å². The molecule has 1 aromatic rings. The number of carbonyl (C=O) groups is 1. The van der Waals surface area contributed by atoms with Gasteiger partial charge in [0, 0.05) is 19.6 Å². The van der Waals surface area contributed by atoms with Gasteiger partial charge in [-0.05, 0) is 17.2 Å². The highest BCUT2D eigenvalue weighted by molar-refractivity contribution is 5.82. The van der Waals surface area contributed by atoms with Crippen LogP contribution in [0.2, 0.25) is 0 Å². The fourth-order valence-corrected chi connectivity index (χ4v) is 2.19. The summed E-state index contributed by atoms with van der Waals surface area (Å²) in [6.07, 6.45) is 8.00. The Bertz CT molecular complexity index is 502. The molecule has 1 atom stereocenters. The average Bonchev–Trinajstić information content (AvgIpc) is 2.44. The molecule has 0 saturated heterocycles. The van der Waals surface area contributed by atoms with E-state index < -0.39 is 5.60 Å². The molecule has 1 aliphatic rings. The van der Waals surface area contributed by atoms with Crippen molar-refractivity contribution >= 4 is 12.0 Å². The van der Waals surface area contributed by atoms with Gasteiger partial charge in [-0.2, -0.15) is 0 Å². The number of benzene rings is 1. The van der Waals surface area contributed by atoms with Crippen molar-refractivity contribution in [2.24, 2.45) is 0 Å². The van der Waals surface area contributed by atoms with Crippen LogP contribution in [0, 0.1) is 0 Å². The van der Waals surface area contributed by atoms with Crippen LogP contribution in [-0.4, -0.2) is 20.2 Å². The Balaban J connectivity index is 2.42. The van der Waals surface area contributed by atoms with Crippen LogP contribution in [0.15, 0.2) is 42.5 Å². The summed E-state index contributed by atoms with van der Waals surface area (Å²) in [6.45, 7) is 0. The van der Waals surface area contributed by atoms with Crippen molar-refractivity contribution in [2.75, 3.05) is 14.2 Å². The Kier molecular flexibility index (Phi) is 3.63. The summed E-state index contributed by atoms with van der Waals surface area (Å²) >= 11 is 0. The fraction of sp³-hybridized carbons (Fsp3) is 0.267. The Morgan fingerprint density at radius 1 is 1.33 bits per heavy atom. The Labute approximate surface area is 107 Å². The molecule has 3 heteroatoms. The largest absolute Gasteiger partial charge is 0.466 e. The lowest BCUT2D eigenvalue weighted by Crippen LogP contribution is -2.28. The Morgan fingerprint density at radius 3 is 2.83 bits per heavy atom. The second kappa shape index (κ2) is 5.19. The molecular formula is C15H16O3. The Hall–Kier alpha value is -1.87. The number of hydrogen-bond acceptors (Lipinski definition) is 3. The molecule has 1 aromatic carbocycles. The van der Waals surface area contributed by atoms with Crippen LogP contribution in [-0.2, 0) is 19.9 Å². The summed E-state index contributed by atoms with van der Waals surface area (Å²) in [7, 11) is 3.01. The monoisotopic (exact) mass is 244 g/mol. The quantitative estimate of drug-likeness (QED) is 0.605. The van der Waals surface area contributed by atoms with Gasteiger partial charge in [-0.25, -0.2) is 4.79 Å². The summed E-state index contributed by atoms with van der Waals surface area (Å²) in [6, 6.07) is 8.01. The van der Waals surface area contributed by atoms with Gasteiger partial charge in [0.15, 0.2) is 0 Å². The number of fused-ring (bicyclic) bond motifs is 1. The first kappa shape index (κ1) is 12.6. The molecular weight excluding hydrogens is 228 g/mol. The van der Waals surface area contributed by atoms with Gasteiger partial charge in [0.1, 0.15) is 5.60 Å². The van der Waals surface area contributed by atoms with Crippen molar-refractivity contribution in [1.82, 2.24) is 0 Å². The maximum Gasteiger partial charge on any atom is 0.330 e. The third-order valence-electron chi connectivity index (χ3n) is 3.19. The third-order valence-corrected chi connectivity index (χ3v) is 3.19. The van der Waals surface area contributed by atoms with Gasteiger partial charge in [-0.15, -0.1) is 0 Å². The van der Waals surface area contributed by atoms with E-state index in [0.29, 0.717) is 6.42 Å². The first-order valence-electron chi connectivity index (χ1n) is 5.80. The van der Waals surface area contributed by atoms with Gasteiger partial charge in [-0.3, -0.25) is 0 Å². The number of hydrogen-bond donors (Lipinski definition) is 0. The standard InChI is InChI=1S/C15H16O3/c1-17-14(16)9-11-15(18-2)10-5-7-12-6-3-4-8-13(12)15/h3-9,11H,10H2,1-2H3/b11-9+. The van der Waals surface area contributed by atoms with Crippen molar-refractivity contribution in [3.63, 3.8) is 0 Å². The normalized spacial score (nSPS) is 21.9. The lowest BCUT2D eigenvalue weighted by molar-refractivity contribution is -0.135. The van der Waals surface area contributed by atoms with Crippen LogP contribution in [0.3, 0.4) is 0 Å². The molecule has 0 radical (unpaired) electrons. The molecule has 18 heavy (non-hydrogen) atoms. The fourth-order valence-electron chi connectivity index (χ4n) is 2.19. The first-order valence-corrected chi connectivity index (χ1v) is 5.80. The number of rotatable bonds is 3. The van der Waals surface area contributed by atoms with Crippen LogP contribution in [0.1, 0.15) is 17.5 Å². The molecule has 0 aliphatic heterocycles. The number of carbonyl (C=O) groups excluding carboxylic acids is 1. The molecule has 3 nitrogen and oxygen atoms in total. The first-order chi connectivity index (χ1) is 8.72. The van der Waals surface area contributed by atoms with Crippen LogP contribution in [0.25, 0.3) is 6.08 Å². The maximum atomic E-state index is 11.2. The minimum Gasteiger partial charge on any atom is -0.466 e. The number of esters is 1. The molecule has 0 spiro atoms. The summed E-state index contributed by atoms with van der Waals surface area (Å²) in [5, 5.41) is 0. The van der Waals surface area contributed by atoms with Crippen LogP contribution >= 0.6 is 0 Å². The van der Waals surface area contributed by atoms with Gasteiger partial charge in [-0.1, -0.05) is 36.4 Å². The van der Waals surface area contributed by atoms with Crippen molar-refractivity contribution in [3.8, 4) is 0 Å². The smallest absolute Gasteiger partial charge is 0.330 e. The highest BCUT2D eigenvalue weighted by Gasteiger charge is 2.32. The molecule has 0 fully saturated rings. The lowest BCUT2D eigenvalue weighted by atomic mass is 9.82. The minimum absolute atomic E-state index is 0.376. The molecule has 2 rings (SSSR count). The van der Waals surface area contributed by atoms with E-state index in [9.17, 15) is 4.79 Å². The van der Waals surface area contributed by atoms with Crippen LogP contribution in [0.5, 0.6) is 0 Å². The summed E-state index contributed by atoms with van der Waals surface area (Å²) in [5.41, 5.74) is 1.59. The molecule has 0 amide bonds. The zero-order chi connectivity index (χ0) is 13.0. The molecule has 0 heterocycles. The van der Waals surface area contributed by atoms with E-state index >= 15 is 0 Å². The van der Waals surface area contributed by atoms with E-state index in [1.54, 1.807) is 13.2 Å². The van der Waals surface area contributed by atoms with Crippen molar-refractivity contribution in [3.05, 3.63) is 53.6 Å². The maximum absolute atomic E-state index is 11.2. The van der Waals surface area contributed by atoms with Crippen molar-refractivity contribution < 1.29 is 14.3 Å². The molecule has 94 valence electrons. The predicted molar refractivity (Wildman–Crippen MR) is 69.9 cm³/mol. The van der Waals surface area contributed by atoms with Gasteiger partial charge in [0.25, 0.3) is 0 Å². The van der Waals surface area contributed by atoms with E-state index in [4.69, 9.17) is 4.74 Å². The number of methoxy groups -OCH3 is 2. The van der Waals surface area contributed by atoms with Gasteiger partial charge in [0.05, 0.1) is 7.11 Å². The number of ether oxygens (including phenoxy) is 2. The Morgan fingerprint density at radius 2 is 2.11 bits per heavy atom. The summed E-state index contributed by atoms with van der Waals surface area (Å²) in [4.78, 5) is 11.2. The topological polar surface area (TPSA) is 35.5 Å². The average molecular weight is 244 g/mol. The summed E-state index contributed by atoms with van der Waals surface area (Å²) < 4.78 is 10.3. The van der Waals surface area contributed by atoms with Gasteiger partial charge in [0.2, 0.25) is 0 Å². The molecule has 0 N–H and O–H groups in total. The third kappa shape index (κ3) is 2.22. The van der Waals surface area contributed by atoms with Crippen LogP contribution < -0.4 is 0 Å². The molecule has 1 aliphatic carbocycles. The van der Waals surface area contributed by atoms with E-state index in [0.717, 1.165) is 11.1 Å². The molecule has 1 unspecified atom stereocenters. The lowest BCUT2D eigenvalue weighted by Gasteiger charge is -2.32. The SMILES string of the molecule is COC(=O)/C=C/C1(OC)CC=Cc2ccccc21. The highest BCUT2D eigenvalue weighted by Crippen LogP contribution is 2.37. The minimum atomic E-state index is -0.584. The molecule has 0 bridgehead atoms. The van der Waals surface area contributed by atoms with E-state index in [1.165, 1.54) is 13.2 Å². The summed E-state index contributed by atoms with van der Waals surface area (Å²) in [5.74, 6) is -0.376. The predicted octanol–water partition coefficient (Wildman–Crippen LogP) is 2.67. The van der Waals surface area contributed by atoms with Gasteiger partial charge >= 0.3 is 5.97 Å². The van der Waals surface area contributed by atoms with Crippen molar-refractivity contribution in [2.45, 2.75) is 12.0 Å². The van der Waals surface area contributed by atoms with Crippen LogP contribution in [0.4, 0.5) is 0 Å². The second-order valence-corrected chi connectivity index (χ2v) is 4.14. The molecule has 0 aromatic heterocycles. The molecule has 0 saturated carbocycles. The van der Waals surface area contributed by atoms with Gasteiger partial charge < -0.3 is 9.47 Å². The van der Waals surface area contributed by atoms with E-state index in [2.05, 4.69) is 10.8 Å².